The number of hydrogen-bond donors (Lipinski definition) is 1. The number of benzene rings is 1. The summed E-state index contributed by atoms with van der Waals surface area (Å²) in [6.07, 6.45) is 1.85. The Morgan fingerprint density at radius 3 is 3.00 bits per heavy atom. The van der Waals surface area contributed by atoms with Crippen molar-refractivity contribution >= 4 is 16.8 Å². The van der Waals surface area contributed by atoms with Gasteiger partial charge < -0.3 is 14.6 Å². The Hall–Kier alpha value is -2.32. The molecule has 1 unspecified atom stereocenters. The maximum atomic E-state index is 11.9. The highest BCUT2D eigenvalue weighted by atomic mass is 16.5. The number of ether oxygens (including phenoxy) is 1. The number of fused-ring (bicyclic) bond motifs is 1. The van der Waals surface area contributed by atoms with Crippen molar-refractivity contribution in [2.24, 2.45) is 0 Å². The monoisotopic (exact) mass is 271 g/mol. The fraction of sp³-hybridized carbons (Fsp3) is 0.333. The minimum atomic E-state index is -0.0589. The number of amides is 1. The summed E-state index contributed by atoms with van der Waals surface area (Å²) in [6, 6.07) is 9.43. The van der Waals surface area contributed by atoms with Gasteiger partial charge in [0.2, 0.25) is 5.91 Å². The zero-order valence-corrected chi connectivity index (χ0v) is 11.6. The van der Waals surface area contributed by atoms with Crippen LogP contribution in [0.2, 0.25) is 0 Å². The molecule has 1 aromatic heterocycles. The van der Waals surface area contributed by atoms with E-state index in [-0.39, 0.29) is 18.5 Å². The topological polar surface area (TPSA) is 67.0 Å². The van der Waals surface area contributed by atoms with Crippen LogP contribution in [-0.4, -0.2) is 30.2 Å². The molecule has 0 bridgehead atoms. The van der Waals surface area contributed by atoms with Gasteiger partial charge >= 0.3 is 0 Å². The molecule has 0 saturated carbocycles. The third-order valence-electron chi connectivity index (χ3n) is 3.04. The van der Waals surface area contributed by atoms with E-state index in [0.29, 0.717) is 12.2 Å². The molecule has 5 nitrogen and oxygen atoms in total. The van der Waals surface area contributed by atoms with Gasteiger partial charge in [0, 0.05) is 30.3 Å². The molecule has 5 heteroatoms. The molecule has 0 saturated heterocycles. The van der Waals surface area contributed by atoms with Crippen molar-refractivity contribution in [1.29, 1.82) is 5.26 Å². The molecule has 20 heavy (non-hydrogen) atoms. The molecule has 1 amide bonds. The first-order valence-corrected chi connectivity index (χ1v) is 6.41. The van der Waals surface area contributed by atoms with Gasteiger partial charge in [0.05, 0.1) is 18.2 Å². The fourth-order valence-electron chi connectivity index (χ4n) is 2.17. The number of carbonyl (C=O) groups excluding carboxylic acids is 1. The molecule has 1 N–H and O–H groups in total. The highest BCUT2D eigenvalue weighted by Gasteiger charge is 2.09. The first kappa shape index (κ1) is 14.1. The van der Waals surface area contributed by atoms with Crippen LogP contribution in [0.3, 0.4) is 0 Å². The standard InChI is InChI=1S/C15H17N3O2/c1-11(10-20-2)17-15(19)9-18-6-5-13-7-12(8-16)3-4-14(13)18/h3-7,11H,9-10H2,1-2H3,(H,17,19). The van der Waals surface area contributed by atoms with E-state index in [1.54, 1.807) is 13.2 Å². The predicted octanol–water partition coefficient (Wildman–Crippen LogP) is 1.66. The molecule has 0 radical (unpaired) electrons. The quantitative estimate of drug-likeness (QED) is 0.899. The Balaban J connectivity index is 2.10. The lowest BCUT2D eigenvalue weighted by molar-refractivity contribution is -0.122. The molecule has 0 spiro atoms. The number of nitrogens with one attached hydrogen (secondary N) is 1. The molecule has 0 aliphatic carbocycles. The van der Waals surface area contributed by atoms with Crippen LogP contribution in [0, 0.1) is 11.3 Å². The van der Waals surface area contributed by atoms with E-state index in [1.807, 2.05) is 35.9 Å². The number of hydrogen-bond acceptors (Lipinski definition) is 3. The first-order chi connectivity index (χ1) is 9.63. The van der Waals surface area contributed by atoms with Gasteiger partial charge in [-0.05, 0) is 31.2 Å². The largest absolute Gasteiger partial charge is 0.383 e. The van der Waals surface area contributed by atoms with E-state index in [0.717, 1.165) is 10.9 Å². The SMILES string of the molecule is COCC(C)NC(=O)Cn1ccc2cc(C#N)ccc21. The second kappa shape index (κ2) is 6.22. The van der Waals surface area contributed by atoms with Crippen LogP contribution in [0.5, 0.6) is 0 Å². The summed E-state index contributed by atoms with van der Waals surface area (Å²) < 4.78 is 6.85. The van der Waals surface area contributed by atoms with Crippen LogP contribution in [0.25, 0.3) is 10.9 Å². The summed E-state index contributed by atoms with van der Waals surface area (Å²) in [5.74, 6) is -0.0589. The molecule has 2 aromatic rings. The van der Waals surface area contributed by atoms with Crippen LogP contribution in [0.15, 0.2) is 30.5 Å². The van der Waals surface area contributed by atoms with E-state index >= 15 is 0 Å². The van der Waals surface area contributed by atoms with Crippen molar-refractivity contribution in [1.82, 2.24) is 9.88 Å². The lowest BCUT2D eigenvalue weighted by Crippen LogP contribution is -2.37. The van der Waals surface area contributed by atoms with Gasteiger partial charge in [-0.3, -0.25) is 4.79 Å². The fourth-order valence-corrected chi connectivity index (χ4v) is 2.17. The smallest absolute Gasteiger partial charge is 0.240 e. The van der Waals surface area contributed by atoms with Crippen LogP contribution in [0.1, 0.15) is 12.5 Å². The van der Waals surface area contributed by atoms with E-state index in [2.05, 4.69) is 11.4 Å². The summed E-state index contributed by atoms with van der Waals surface area (Å²) in [6.45, 7) is 2.64. The van der Waals surface area contributed by atoms with Gasteiger partial charge in [-0.1, -0.05) is 0 Å². The third kappa shape index (κ3) is 3.16. The predicted molar refractivity (Wildman–Crippen MR) is 76.1 cm³/mol. The summed E-state index contributed by atoms with van der Waals surface area (Å²) in [4.78, 5) is 11.9. The lowest BCUT2D eigenvalue weighted by atomic mass is 10.2. The average molecular weight is 271 g/mol. The molecule has 0 fully saturated rings. The molecule has 1 aromatic carbocycles. The molecule has 104 valence electrons. The minimum absolute atomic E-state index is 0.0143. The normalized spacial score (nSPS) is 12.1. The summed E-state index contributed by atoms with van der Waals surface area (Å²) in [5, 5.41) is 12.7. The highest BCUT2D eigenvalue weighted by Crippen LogP contribution is 2.17. The van der Waals surface area contributed by atoms with Gasteiger partial charge in [-0.15, -0.1) is 0 Å². The number of aromatic nitrogens is 1. The summed E-state index contributed by atoms with van der Waals surface area (Å²) in [7, 11) is 1.61. The van der Waals surface area contributed by atoms with Crippen molar-refractivity contribution in [3.05, 3.63) is 36.0 Å². The Morgan fingerprint density at radius 1 is 1.50 bits per heavy atom. The maximum Gasteiger partial charge on any atom is 0.240 e. The van der Waals surface area contributed by atoms with Crippen molar-refractivity contribution in [2.45, 2.75) is 19.5 Å². The zero-order valence-electron chi connectivity index (χ0n) is 11.6. The van der Waals surface area contributed by atoms with Crippen molar-refractivity contribution in [3.63, 3.8) is 0 Å². The summed E-state index contributed by atoms with van der Waals surface area (Å²) >= 11 is 0. The van der Waals surface area contributed by atoms with Gasteiger partial charge in [0.1, 0.15) is 6.54 Å². The number of nitriles is 1. The van der Waals surface area contributed by atoms with Crippen molar-refractivity contribution in [2.75, 3.05) is 13.7 Å². The van der Waals surface area contributed by atoms with E-state index in [9.17, 15) is 4.79 Å². The van der Waals surface area contributed by atoms with Gasteiger partial charge in [-0.2, -0.15) is 5.26 Å². The minimum Gasteiger partial charge on any atom is -0.383 e. The van der Waals surface area contributed by atoms with Crippen LogP contribution >= 0.6 is 0 Å². The Labute approximate surface area is 117 Å². The molecular formula is C15H17N3O2. The molecule has 1 atom stereocenters. The second-order valence-electron chi connectivity index (χ2n) is 4.75. The average Bonchev–Trinajstić information content (AvgIpc) is 2.81. The Kier molecular flexibility index (Phi) is 4.38. The summed E-state index contributed by atoms with van der Waals surface area (Å²) in [5.41, 5.74) is 1.56. The Morgan fingerprint density at radius 2 is 2.30 bits per heavy atom. The Bertz CT molecular complexity index is 655. The van der Waals surface area contributed by atoms with Crippen molar-refractivity contribution in [3.8, 4) is 6.07 Å². The number of rotatable bonds is 5. The third-order valence-corrected chi connectivity index (χ3v) is 3.04. The second-order valence-corrected chi connectivity index (χ2v) is 4.75. The lowest BCUT2D eigenvalue weighted by Gasteiger charge is -2.13. The van der Waals surface area contributed by atoms with Gasteiger partial charge in [0.25, 0.3) is 0 Å². The van der Waals surface area contributed by atoms with E-state index in [4.69, 9.17) is 10.00 Å². The van der Waals surface area contributed by atoms with Crippen LogP contribution < -0.4 is 5.32 Å². The molecule has 1 heterocycles. The van der Waals surface area contributed by atoms with Crippen LogP contribution in [0.4, 0.5) is 0 Å². The van der Waals surface area contributed by atoms with Gasteiger partial charge in [-0.25, -0.2) is 0 Å². The van der Waals surface area contributed by atoms with E-state index in [1.165, 1.54) is 0 Å². The van der Waals surface area contributed by atoms with Gasteiger partial charge in [0.15, 0.2) is 0 Å². The molecule has 0 aliphatic heterocycles. The molecular weight excluding hydrogens is 254 g/mol. The number of nitrogens with zero attached hydrogens (tertiary/aromatic N) is 2. The van der Waals surface area contributed by atoms with Crippen LogP contribution in [-0.2, 0) is 16.1 Å². The van der Waals surface area contributed by atoms with Crippen molar-refractivity contribution < 1.29 is 9.53 Å². The molecule has 2 rings (SSSR count). The first-order valence-electron chi connectivity index (χ1n) is 6.41. The number of carbonyl (C=O) groups is 1. The number of methoxy groups -OCH3 is 1. The highest BCUT2D eigenvalue weighted by molar-refractivity contribution is 5.84. The zero-order chi connectivity index (χ0) is 14.5. The maximum absolute atomic E-state index is 11.9. The van der Waals surface area contributed by atoms with E-state index < -0.39 is 0 Å². The molecule has 0 aliphatic rings.